The van der Waals surface area contributed by atoms with Crippen molar-refractivity contribution in [1.29, 1.82) is 0 Å². The van der Waals surface area contributed by atoms with Crippen molar-refractivity contribution < 1.29 is 17.9 Å². The first-order chi connectivity index (χ1) is 6.49. The van der Waals surface area contributed by atoms with Gasteiger partial charge in [0.2, 0.25) is 0 Å². The zero-order valence-electron chi connectivity index (χ0n) is 8.66. The van der Waals surface area contributed by atoms with Crippen LogP contribution in [-0.2, 0) is 4.74 Å². The molecule has 1 unspecified atom stereocenters. The Hall–Kier alpha value is -0.290. The lowest BCUT2D eigenvalue weighted by molar-refractivity contribution is -0.174. The van der Waals surface area contributed by atoms with Gasteiger partial charge in [0.15, 0.2) is 0 Å². The SMILES string of the molecule is CCC(CCOCC(F)(F)F)CNC. The van der Waals surface area contributed by atoms with Crippen LogP contribution >= 0.6 is 0 Å². The molecule has 0 aromatic carbocycles. The van der Waals surface area contributed by atoms with E-state index in [1.807, 2.05) is 14.0 Å². The Balaban J connectivity index is 3.42. The van der Waals surface area contributed by atoms with E-state index in [0.717, 1.165) is 13.0 Å². The fourth-order valence-electron chi connectivity index (χ4n) is 1.18. The van der Waals surface area contributed by atoms with Gasteiger partial charge in [0.25, 0.3) is 0 Å². The van der Waals surface area contributed by atoms with Crippen LogP contribution in [-0.4, -0.2) is 33.0 Å². The third-order valence-electron chi connectivity index (χ3n) is 2.01. The van der Waals surface area contributed by atoms with Crippen LogP contribution in [0, 0.1) is 5.92 Å². The standard InChI is InChI=1S/C9H18F3NO/c1-3-8(6-13-2)4-5-14-7-9(10,11)12/h8,13H,3-7H2,1-2H3. The van der Waals surface area contributed by atoms with Gasteiger partial charge in [0, 0.05) is 6.61 Å². The average Bonchev–Trinajstić information content (AvgIpc) is 2.08. The smallest absolute Gasteiger partial charge is 0.372 e. The molecule has 0 fully saturated rings. The van der Waals surface area contributed by atoms with Gasteiger partial charge in [-0.3, -0.25) is 0 Å². The van der Waals surface area contributed by atoms with Crippen molar-refractivity contribution >= 4 is 0 Å². The highest BCUT2D eigenvalue weighted by Crippen LogP contribution is 2.15. The van der Waals surface area contributed by atoms with E-state index in [1.165, 1.54) is 0 Å². The van der Waals surface area contributed by atoms with Crippen molar-refractivity contribution in [3.05, 3.63) is 0 Å². The van der Waals surface area contributed by atoms with Crippen LogP contribution in [0.25, 0.3) is 0 Å². The summed E-state index contributed by atoms with van der Waals surface area (Å²) in [4.78, 5) is 0. The largest absolute Gasteiger partial charge is 0.411 e. The van der Waals surface area contributed by atoms with Crippen LogP contribution in [0.15, 0.2) is 0 Å². The van der Waals surface area contributed by atoms with Crippen LogP contribution in [0.5, 0.6) is 0 Å². The van der Waals surface area contributed by atoms with Gasteiger partial charge in [-0.05, 0) is 25.9 Å². The Bertz CT molecular complexity index is 139. The molecular formula is C9H18F3NO. The fourth-order valence-corrected chi connectivity index (χ4v) is 1.18. The molecule has 0 aliphatic heterocycles. The maximum Gasteiger partial charge on any atom is 0.411 e. The number of rotatable bonds is 7. The van der Waals surface area contributed by atoms with E-state index in [2.05, 4.69) is 10.1 Å². The van der Waals surface area contributed by atoms with Crippen LogP contribution in [0.3, 0.4) is 0 Å². The summed E-state index contributed by atoms with van der Waals surface area (Å²) >= 11 is 0. The lowest BCUT2D eigenvalue weighted by Gasteiger charge is -2.14. The summed E-state index contributed by atoms with van der Waals surface area (Å²) in [5.74, 6) is 0.397. The van der Waals surface area contributed by atoms with Gasteiger partial charge in [-0.1, -0.05) is 13.3 Å². The summed E-state index contributed by atoms with van der Waals surface area (Å²) in [7, 11) is 1.83. The second-order valence-electron chi connectivity index (χ2n) is 3.29. The minimum absolute atomic E-state index is 0.180. The number of nitrogens with one attached hydrogen (secondary N) is 1. The Kier molecular flexibility index (Phi) is 6.92. The third kappa shape index (κ3) is 8.31. The molecule has 0 bridgehead atoms. The van der Waals surface area contributed by atoms with Gasteiger partial charge >= 0.3 is 6.18 Å². The molecule has 2 nitrogen and oxygen atoms in total. The van der Waals surface area contributed by atoms with Gasteiger partial charge in [-0.25, -0.2) is 0 Å². The zero-order valence-corrected chi connectivity index (χ0v) is 8.66. The van der Waals surface area contributed by atoms with E-state index < -0.39 is 12.8 Å². The predicted octanol–water partition coefficient (Wildman–Crippen LogP) is 2.20. The minimum atomic E-state index is -4.20. The Morgan fingerprint density at radius 1 is 1.36 bits per heavy atom. The molecular weight excluding hydrogens is 195 g/mol. The molecule has 0 aromatic rings. The number of ether oxygens (including phenoxy) is 1. The highest BCUT2D eigenvalue weighted by Gasteiger charge is 2.27. The normalized spacial score (nSPS) is 14.4. The molecule has 0 spiro atoms. The van der Waals surface area contributed by atoms with Crippen molar-refractivity contribution in [1.82, 2.24) is 5.32 Å². The molecule has 0 aromatic heterocycles. The molecule has 0 saturated carbocycles. The summed E-state index contributed by atoms with van der Waals surface area (Å²) in [5.41, 5.74) is 0. The highest BCUT2D eigenvalue weighted by atomic mass is 19.4. The van der Waals surface area contributed by atoms with Gasteiger partial charge in [-0.15, -0.1) is 0 Å². The number of halogens is 3. The molecule has 0 radical (unpaired) electrons. The fraction of sp³-hybridized carbons (Fsp3) is 1.00. The summed E-state index contributed by atoms with van der Waals surface area (Å²) in [6.45, 7) is 1.89. The van der Waals surface area contributed by atoms with Gasteiger partial charge in [0.05, 0.1) is 0 Å². The lowest BCUT2D eigenvalue weighted by atomic mass is 10.0. The van der Waals surface area contributed by atoms with Crippen molar-refractivity contribution in [2.75, 3.05) is 26.8 Å². The summed E-state index contributed by atoms with van der Waals surface area (Å²) in [6.07, 6.45) is -2.58. The number of hydrogen-bond donors (Lipinski definition) is 1. The van der Waals surface area contributed by atoms with Gasteiger partial charge in [-0.2, -0.15) is 13.2 Å². The van der Waals surface area contributed by atoms with E-state index in [1.54, 1.807) is 0 Å². The lowest BCUT2D eigenvalue weighted by Crippen LogP contribution is -2.22. The second kappa shape index (κ2) is 7.06. The van der Waals surface area contributed by atoms with E-state index >= 15 is 0 Å². The average molecular weight is 213 g/mol. The molecule has 14 heavy (non-hydrogen) atoms. The van der Waals surface area contributed by atoms with Crippen LogP contribution in [0.2, 0.25) is 0 Å². The van der Waals surface area contributed by atoms with E-state index in [9.17, 15) is 13.2 Å². The van der Waals surface area contributed by atoms with Crippen molar-refractivity contribution in [2.45, 2.75) is 25.9 Å². The molecule has 0 aliphatic carbocycles. The number of hydrogen-bond acceptors (Lipinski definition) is 2. The van der Waals surface area contributed by atoms with Crippen LogP contribution < -0.4 is 5.32 Å². The molecule has 1 N–H and O–H groups in total. The summed E-state index contributed by atoms with van der Waals surface area (Å²) < 4.78 is 39.5. The third-order valence-corrected chi connectivity index (χ3v) is 2.01. The van der Waals surface area contributed by atoms with Gasteiger partial charge < -0.3 is 10.1 Å². The molecule has 5 heteroatoms. The first-order valence-corrected chi connectivity index (χ1v) is 4.78. The van der Waals surface area contributed by atoms with E-state index in [0.29, 0.717) is 12.3 Å². The summed E-state index contributed by atoms with van der Waals surface area (Å²) in [5, 5.41) is 3.00. The second-order valence-corrected chi connectivity index (χ2v) is 3.29. The quantitative estimate of drug-likeness (QED) is 0.655. The van der Waals surface area contributed by atoms with Crippen LogP contribution in [0.1, 0.15) is 19.8 Å². The maximum absolute atomic E-state index is 11.7. The molecule has 0 saturated heterocycles. The maximum atomic E-state index is 11.7. The predicted molar refractivity (Wildman–Crippen MR) is 49.2 cm³/mol. The first kappa shape index (κ1) is 13.7. The Morgan fingerprint density at radius 3 is 2.43 bits per heavy atom. The summed E-state index contributed by atoms with van der Waals surface area (Å²) in [6, 6.07) is 0. The van der Waals surface area contributed by atoms with E-state index in [4.69, 9.17) is 0 Å². The van der Waals surface area contributed by atoms with Crippen LogP contribution in [0.4, 0.5) is 13.2 Å². The molecule has 0 rings (SSSR count). The highest BCUT2D eigenvalue weighted by molar-refractivity contribution is 4.58. The first-order valence-electron chi connectivity index (χ1n) is 4.78. The van der Waals surface area contributed by atoms with Crippen molar-refractivity contribution in [2.24, 2.45) is 5.92 Å². The minimum Gasteiger partial charge on any atom is -0.372 e. The topological polar surface area (TPSA) is 21.3 Å². The van der Waals surface area contributed by atoms with Crippen molar-refractivity contribution in [3.8, 4) is 0 Å². The Labute approximate surface area is 82.8 Å². The molecule has 0 heterocycles. The van der Waals surface area contributed by atoms with E-state index in [-0.39, 0.29) is 6.61 Å². The molecule has 0 aliphatic rings. The van der Waals surface area contributed by atoms with Crippen molar-refractivity contribution in [3.63, 3.8) is 0 Å². The number of alkyl halides is 3. The van der Waals surface area contributed by atoms with Gasteiger partial charge in [0.1, 0.15) is 6.61 Å². The Morgan fingerprint density at radius 2 is 2.00 bits per heavy atom. The zero-order chi connectivity index (χ0) is 11.0. The molecule has 0 amide bonds. The molecule has 1 atom stereocenters. The molecule has 86 valence electrons. The monoisotopic (exact) mass is 213 g/mol.